The molecule has 2 aromatic rings. The van der Waals surface area contributed by atoms with Gasteiger partial charge in [-0.2, -0.15) is 4.39 Å². The van der Waals surface area contributed by atoms with E-state index in [2.05, 4.69) is 10.2 Å². The molecule has 0 unspecified atom stereocenters. The predicted molar refractivity (Wildman–Crippen MR) is 62.5 cm³/mol. The molecule has 0 fully saturated rings. The molecule has 1 aromatic heterocycles. The van der Waals surface area contributed by atoms with Gasteiger partial charge in [-0.25, -0.2) is 0 Å². The Bertz CT molecular complexity index is 533. The number of nitrogens with zero attached hydrogens (tertiary/aromatic N) is 3. The summed E-state index contributed by atoms with van der Waals surface area (Å²) < 4.78 is 14.1. The summed E-state index contributed by atoms with van der Waals surface area (Å²) in [4.78, 5) is 9.68. The molecule has 0 aliphatic heterocycles. The van der Waals surface area contributed by atoms with E-state index in [4.69, 9.17) is 0 Å². The fourth-order valence-corrected chi connectivity index (χ4v) is 2.59. The Hall–Kier alpha value is -1.54. The smallest absolute Gasteiger partial charge is 0.258 e. The number of rotatable bonds is 4. The normalized spacial score (nSPS) is 10.4. The SMILES string of the molecule is O=[N+]([O-])c1ccc(CSc2nncs2)cc1F. The summed E-state index contributed by atoms with van der Waals surface area (Å²) in [5.74, 6) is -0.310. The molecule has 1 heterocycles. The minimum atomic E-state index is -0.814. The van der Waals surface area contributed by atoms with E-state index in [1.165, 1.54) is 41.3 Å². The zero-order chi connectivity index (χ0) is 12.3. The van der Waals surface area contributed by atoms with Gasteiger partial charge in [0.05, 0.1) is 4.92 Å². The lowest BCUT2D eigenvalue weighted by molar-refractivity contribution is -0.387. The summed E-state index contributed by atoms with van der Waals surface area (Å²) in [5, 5.41) is 17.9. The van der Waals surface area contributed by atoms with Gasteiger partial charge in [-0.1, -0.05) is 29.2 Å². The molecule has 5 nitrogen and oxygen atoms in total. The summed E-state index contributed by atoms with van der Waals surface area (Å²) in [7, 11) is 0. The summed E-state index contributed by atoms with van der Waals surface area (Å²) in [6.07, 6.45) is 0. The maximum absolute atomic E-state index is 13.3. The second kappa shape index (κ2) is 5.19. The van der Waals surface area contributed by atoms with Crippen LogP contribution in [0.2, 0.25) is 0 Å². The van der Waals surface area contributed by atoms with Crippen LogP contribution >= 0.6 is 23.1 Å². The van der Waals surface area contributed by atoms with Crippen molar-refractivity contribution in [2.45, 2.75) is 10.1 Å². The molecule has 0 radical (unpaired) electrons. The van der Waals surface area contributed by atoms with Crippen LogP contribution in [0.5, 0.6) is 0 Å². The number of hydrogen-bond donors (Lipinski definition) is 0. The lowest BCUT2D eigenvalue weighted by atomic mass is 10.2. The van der Waals surface area contributed by atoms with E-state index in [1.54, 1.807) is 5.51 Å². The van der Waals surface area contributed by atoms with E-state index in [1.807, 2.05) is 0 Å². The van der Waals surface area contributed by atoms with Crippen molar-refractivity contribution >= 4 is 28.8 Å². The van der Waals surface area contributed by atoms with Crippen LogP contribution in [0.15, 0.2) is 28.0 Å². The van der Waals surface area contributed by atoms with Crippen LogP contribution in [-0.2, 0) is 5.75 Å². The van der Waals surface area contributed by atoms with Gasteiger partial charge in [0.1, 0.15) is 5.51 Å². The summed E-state index contributed by atoms with van der Waals surface area (Å²) >= 11 is 2.80. The molecular formula is C9H6FN3O2S2. The van der Waals surface area contributed by atoms with Crippen LogP contribution in [0.3, 0.4) is 0 Å². The van der Waals surface area contributed by atoms with Crippen molar-refractivity contribution < 1.29 is 9.31 Å². The molecule has 17 heavy (non-hydrogen) atoms. The minimum Gasteiger partial charge on any atom is -0.258 e. The number of aromatic nitrogens is 2. The molecule has 88 valence electrons. The molecule has 2 rings (SSSR count). The molecule has 0 atom stereocenters. The van der Waals surface area contributed by atoms with E-state index in [0.29, 0.717) is 11.3 Å². The van der Waals surface area contributed by atoms with Gasteiger partial charge in [0.15, 0.2) is 4.34 Å². The Balaban J connectivity index is 2.07. The topological polar surface area (TPSA) is 68.9 Å². The highest BCUT2D eigenvalue weighted by Crippen LogP contribution is 2.25. The van der Waals surface area contributed by atoms with Gasteiger partial charge in [0.25, 0.3) is 0 Å². The van der Waals surface area contributed by atoms with Crippen molar-refractivity contribution in [2.24, 2.45) is 0 Å². The Kier molecular flexibility index (Phi) is 3.64. The molecule has 0 aliphatic carbocycles. The number of halogens is 1. The van der Waals surface area contributed by atoms with E-state index < -0.39 is 16.4 Å². The van der Waals surface area contributed by atoms with Crippen LogP contribution in [0.4, 0.5) is 10.1 Å². The van der Waals surface area contributed by atoms with Crippen molar-refractivity contribution in [1.82, 2.24) is 10.2 Å². The summed E-state index contributed by atoms with van der Waals surface area (Å²) in [6.45, 7) is 0. The largest absolute Gasteiger partial charge is 0.304 e. The number of nitro groups is 1. The average Bonchev–Trinajstić information content (AvgIpc) is 2.78. The first-order valence-electron chi connectivity index (χ1n) is 4.48. The zero-order valence-electron chi connectivity index (χ0n) is 8.37. The highest BCUT2D eigenvalue weighted by Gasteiger charge is 2.13. The molecule has 8 heteroatoms. The van der Waals surface area contributed by atoms with Crippen molar-refractivity contribution in [2.75, 3.05) is 0 Å². The van der Waals surface area contributed by atoms with E-state index >= 15 is 0 Å². The maximum atomic E-state index is 13.3. The molecular weight excluding hydrogens is 265 g/mol. The quantitative estimate of drug-likeness (QED) is 0.486. The Morgan fingerprint density at radius 1 is 1.53 bits per heavy atom. The highest BCUT2D eigenvalue weighted by atomic mass is 32.2. The molecule has 0 saturated carbocycles. The van der Waals surface area contributed by atoms with Gasteiger partial charge in [-0.05, 0) is 11.6 Å². The van der Waals surface area contributed by atoms with Crippen LogP contribution in [0.1, 0.15) is 5.56 Å². The first-order chi connectivity index (χ1) is 8.16. The van der Waals surface area contributed by atoms with E-state index in [9.17, 15) is 14.5 Å². The average molecular weight is 271 g/mol. The number of nitro benzene ring substituents is 1. The van der Waals surface area contributed by atoms with E-state index in [-0.39, 0.29) is 0 Å². The Morgan fingerprint density at radius 2 is 2.35 bits per heavy atom. The second-order valence-corrected chi connectivity index (χ2v) is 5.09. The second-order valence-electron chi connectivity index (χ2n) is 3.04. The van der Waals surface area contributed by atoms with Crippen LogP contribution in [-0.4, -0.2) is 15.1 Å². The molecule has 0 N–H and O–H groups in total. The van der Waals surface area contributed by atoms with Crippen LogP contribution < -0.4 is 0 Å². The van der Waals surface area contributed by atoms with Gasteiger partial charge in [-0.3, -0.25) is 10.1 Å². The predicted octanol–water partition coefficient (Wildman–Crippen LogP) is 2.88. The van der Waals surface area contributed by atoms with Gasteiger partial charge >= 0.3 is 5.69 Å². The molecule has 0 bridgehead atoms. The summed E-state index contributed by atoms with van der Waals surface area (Å²) in [6, 6.07) is 3.88. The highest BCUT2D eigenvalue weighted by molar-refractivity contribution is 8.00. The maximum Gasteiger partial charge on any atom is 0.304 e. The van der Waals surface area contributed by atoms with E-state index in [0.717, 1.165) is 4.34 Å². The van der Waals surface area contributed by atoms with Crippen molar-refractivity contribution in [3.63, 3.8) is 0 Å². The molecule has 0 saturated heterocycles. The molecule has 0 spiro atoms. The zero-order valence-corrected chi connectivity index (χ0v) is 10.0. The van der Waals surface area contributed by atoms with Crippen molar-refractivity contribution in [1.29, 1.82) is 0 Å². The third-order valence-corrected chi connectivity index (χ3v) is 3.84. The van der Waals surface area contributed by atoms with Gasteiger partial charge in [0, 0.05) is 11.8 Å². The van der Waals surface area contributed by atoms with Crippen molar-refractivity contribution in [3.8, 4) is 0 Å². The fraction of sp³-hybridized carbons (Fsp3) is 0.111. The van der Waals surface area contributed by atoms with Crippen molar-refractivity contribution in [3.05, 3.63) is 45.2 Å². The van der Waals surface area contributed by atoms with Gasteiger partial charge in [-0.15, -0.1) is 10.2 Å². The molecule has 0 amide bonds. The fourth-order valence-electron chi connectivity index (χ4n) is 1.16. The number of thioether (sulfide) groups is 1. The number of benzene rings is 1. The first kappa shape index (κ1) is 11.9. The lowest BCUT2D eigenvalue weighted by Crippen LogP contribution is -1.93. The Labute approximate surface area is 104 Å². The Morgan fingerprint density at radius 3 is 2.94 bits per heavy atom. The third kappa shape index (κ3) is 2.98. The van der Waals surface area contributed by atoms with Crippen LogP contribution in [0, 0.1) is 15.9 Å². The van der Waals surface area contributed by atoms with Gasteiger partial charge < -0.3 is 0 Å². The van der Waals surface area contributed by atoms with Crippen LogP contribution in [0.25, 0.3) is 0 Å². The third-order valence-electron chi connectivity index (χ3n) is 1.91. The molecule has 0 aliphatic rings. The number of hydrogen-bond acceptors (Lipinski definition) is 6. The minimum absolute atomic E-state index is 0.504. The van der Waals surface area contributed by atoms with Gasteiger partial charge in [0.2, 0.25) is 5.82 Å². The lowest BCUT2D eigenvalue weighted by Gasteiger charge is -1.99. The summed E-state index contributed by atoms with van der Waals surface area (Å²) in [5.41, 5.74) is 1.78. The monoisotopic (exact) mass is 271 g/mol. The molecule has 1 aromatic carbocycles. The first-order valence-corrected chi connectivity index (χ1v) is 6.35. The standard InChI is InChI=1S/C9H6FN3O2S2/c10-7-3-6(1-2-8(7)13(14)15)4-16-9-12-11-5-17-9/h1-3,5H,4H2.